The largest absolute Gasteiger partial charge is 0.386 e. The van der Waals surface area contributed by atoms with Crippen LogP contribution in [0.3, 0.4) is 0 Å². The van der Waals surface area contributed by atoms with Crippen molar-refractivity contribution in [1.82, 2.24) is 0 Å². The molecule has 2 aliphatic carbocycles. The van der Waals surface area contributed by atoms with Gasteiger partial charge >= 0.3 is 11.9 Å². The molecule has 0 saturated heterocycles. The fourth-order valence-corrected chi connectivity index (χ4v) is 7.43. The molecule has 0 heterocycles. The minimum Gasteiger partial charge on any atom is -0.241 e. The number of hydrogen-bond donors (Lipinski definition) is 0. The Labute approximate surface area is 261 Å². The van der Waals surface area contributed by atoms with Crippen molar-refractivity contribution in [1.29, 1.82) is 0 Å². The third-order valence-electron chi connectivity index (χ3n) is 9.53. The average molecular weight is 587 g/mol. The molecule has 2 saturated carbocycles. The summed E-state index contributed by atoms with van der Waals surface area (Å²) < 4.78 is 0. The molecular weight excluding hydrogens is 544 g/mol. The second-order valence-electron chi connectivity index (χ2n) is 12.5. The minimum atomic E-state index is -0.603. The van der Waals surface area contributed by atoms with E-state index in [4.69, 9.17) is 9.78 Å². The van der Waals surface area contributed by atoms with Crippen molar-refractivity contribution in [3.63, 3.8) is 0 Å². The van der Waals surface area contributed by atoms with Crippen LogP contribution in [-0.4, -0.2) is 11.9 Å². The first-order chi connectivity index (χ1) is 21.7. The monoisotopic (exact) mass is 586 g/mol. The Morgan fingerprint density at radius 2 is 0.864 bits per heavy atom. The number of benzene rings is 4. The van der Waals surface area contributed by atoms with Gasteiger partial charge in [0.2, 0.25) is 0 Å². The third-order valence-corrected chi connectivity index (χ3v) is 9.53. The van der Waals surface area contributed by atoms with Gasteiger partial charge in [0.1, 0.15) is 0 Å². The van der Waals surface area contributed by atoms with Gasteiger partial charge < -0.3 is 0 Å². The SMILES string of the molecule is O=C(OOC(=O)c1cccc(Cc2ccccc2)c1C1CCCCC1)c1cccc(Cc2ccccc2)c1C1CCCCC1. The maximum Gasteiger partial charge on any atom is 0.386 e. The van der Waals surface area contributed by atoms with Gasteiger partial charge in [-0.15, -0.1) is 0 Å². The molecule has 0 N–H and O–H groups in total. The van der Waals surface area contributed by atoms with Crippen LogP contribution in [0, 0.1) is 0 Å². The molecule has 2 aliphatic rings. The molecule has 4 heteroatoms. The summed E-state index contributed by atoms with van der Waals surface area (Å²) in [6.45, 7) is 0. The van der Waals surface area contributed by atoms with E-state index in [-0.39, 0.29) is 11.8 Å². The molecule has 4 aromatic rings. The maximum absolute atomic E-state index is 13.6. The van der Waals surface area contributed by atoms with Crippen molar-refractivity contribution >= 4 is 11.9 Å². The highest BCUT2D eigenvalue weighted by molar-refractivity contribution is 5.94. The van der Waals surface area contributed by atoms with E-state index in [0.29, 0.717) is 11.1 Å². The lowest BCUT2D eigenvalue weighted by Gasteiger charge is -2.27. The zero-order chi connectivity index (χ0) is 30.1. The van der Waals surface area contributed by atoms with Gasteiger partial charge in [0.25, 0.3) is 0 Å². The summed E-state index contributed by atoms with van der Waals surface area (Å²) in [5.74, 6) is -0.633. The Hall–Kier alpha value is -4.18. The topological polar surface area (TPSA) is 52.6 Å². The van der Waals surface area contributed by atoms with E-state index in [1.165, 1.54) is 24.0 Å². The average Bonchev–Trinajstić information content (AvgIpc) is 3.08. The van der Waals surface area contributed by atoms with E-state index < -0.39 is 11.9 Å². The predicted octanol–water partition coefficient (Wildman–Crippen LogP) is 9.89. The molecule has 0 radical (unpaired) electrons. The lowest BCUT2D eigenvalue weighted by Crippen LogP contribution is -2.19. The predicted molar refractivity (Wildman–Crippen MR) is 174 cm³/mol. The summed E-state index contributed by atoms with van der Waals surface area (Å²) in [6, 6.07) is 32.4. The first kappa shape index (κ1) is 29.9. The number of rotatable bonds is 8. The summed E-state index contributed by atoms with van der Waals surface area (Å²) in [5, 5.41) is 0. The fraction of sp³-hybridized carbons (Fsp3) is 0.350. The van der Waals surface area contributed by atoms with Crippen molar-refractivity contribution < 1.29 is 19.4 Å². The first-order valence-corrected chi connectivity index (χ1v) is 16.4. The summed E-state index contributed by atoms with van der Waals surface area (Å²) in [7, 11) is 0. The van der Waals surface area contributed by atoms with E-state index in [1.807, 2.05) is 60.7 Å². The number of hydrogen-bond acceptors (Lipinski definition) is 4. The van der Waals surface area contributed by atoms with Crippen LogP contribution in [0.1, 0.15) is 130 Å². The Balaban J connectivity index is 1.25. The summed E-state index contributed by atoms with van der Waals surface area (Å²) in [6.07, 6.45) is 12.7. The van der Waals surface area contributed by atoms with Crippen molar-refractivity contribution in [2.24, 2.45) is 0 Å². The van der Waals surface area contributed by atoms with Gasteiger partial charge in [0, 0.05) is 0 Å². The van der Waals surface area contributed by atoms with E-state index in [1.54, 1.807) is 0 Å². The molecule has 0 atom stereocenters. The Bertz CT molecular complexity index is 1430. The molecule has 2 fully saturated rings. The molecule has 4 aromatic carbocycles. The first-order valence-electron chi connectivity index (χ1n) is 16.4. The number of carbonyl (C=O) groups is 2. The van der Waals surface area contributed by atoms with Crippen LogP contribution < -0.4 is 0 Å². The van der Waals surface area contributed by atoms with Gasteiger partial charge in [-0.2, -0.15) is 0 Å². The Kier molecular flexibility index (Phi) is 9.86. The maximum atomic E-state index is 13.6. The highest BCUT2D eigenvalue weighted by Gasteiger charge is 2.29. The molecule has 226 valence electrons. The lowest BCUT2D eigenvalue weighted by molar-refractivity contribution is -0.187. The lowest BCUT2D eigenvalue weighted by atomic mass is 9.79. The van der Waals surface area contributed by atoms with Gasteiger partial charge in [0.15, 0.2) is 0 Å². The van der Waals surface area contributed by atoms with Gasteiger partial charge in [-0.1, -0.05) is 123 Å². The van der Waals surface area contributed by atoms with Gasteiger partial charge in [-0.3, -0.25) is 0 Å². The van der Waals surface area contributed by atoms with E-state index in [9.17, 15) is 9.59 Å². The Morgan fingerprint density at radius 3 is 1.25 bits per heavy atom. The molecule has 0 spiro atoms. The van der Waals surface area contributed by atoms with Crippen LogP contribution in [0.4, 0.5) is 0 Å². The molecule has 4 nitrogen and oxygen atoms in total. The third kappa shape index (κ3) is 7.13. The van der Waals surface area contributed by atoms with Crippen LogP contribution in [0.5, 0.6) is 0 Å². The van der Waals surface area contributed by atoms with Crippen LogP contribution >= 0.6 is 0 Å². The van der Waals surface area contributed by atoms with Crippen molar-refractivity contribution in [2.75, 3.05) is 0 Å². The highest BCUT2D eigenvalue weighted by atomic mass is 17.2. The second-order valence-corrected chi connectivity index (χ2v) is 12.5. The van der Waals surface area contributed by atoms with E-state index in [2.05, 4.69) is 36.4 Å². The highest BCUT2D eigenvalue weighted by Crippen LogP contribution is 2.39. The van der Waals surface area contributed by atoms with Crippen molar-refractivity contribution in [2.45, 2.75) is 88.9 Å². The van der Waals surface area contributed by atoms with Crippen LogP contribution in [-0.2, 0) is 22.6 Å². The zero-order valence-corrected chi connectivity index (χ0v) is 25.5. The molecule has 0 unspecified atom stereocenters. The van der Waals surface area contributed by atoms with Crippen LogP contribution in [0.25, 0.3) is 0 Å². The van der Waals surface area contributed by atoms with E-state index in [0.717, 1.165) is 86.5 Å². The van der Waals surface area contributed by atoms with Gasteiger partial charge in [-0.05, 0) is 95.9 Å². The second kappa shape index (κ2) is 14.5. The van der Waals surface area contributed by atoms with Crippen molar-refractivity contribution in [3.8, 4) is 0 Å². The fourth-order valence-electron chi connectivity index (χ4n) is 7.43. The normalized spacial score (nSPS) is 15.9. The molecule has 6 rings (SSSR count). The van der Waals surface area contributed by atoms with E-state index >= 15 is 0 Å². The van der Waals surface area contributed by atoms with Crippen LogP contribution in [0.2, 0.25) is 0 Å². The summed E-state index contributed by atoms with van der Waals surface area (Å²) in [4.78, 5) is 38.1. The van der Waals surface area contributed by atoms with Gasteiger partial charge in [-0.25, -0.2) is 19.4 Å². The minimum absolute atomic E-state index is 0.287. The summed E-state index contributed by atoms with van der Waals surface area (Å²) >= 11 is 0. The number of carbonyl (C=O) groups excluding carboxylic acids is 2. The molecule has 0 aromatic heterocycles. The molecule has 0 aliphatic heterocycles. The van der Waals surface area contributed by atoms with Gasteiger partial charge in [0.05, 0.1) is 11.1 Å². The molecular formula is C40H42O4. The summed E-state index contributed by atoms with van der Waals surface area (Å²) in [5.41, 5.74) is 7.77. The standard InChI is InChI=1S/C40H42O4/c41-39(35-25-13-23-33(27-29-15-5-1-6-16-29)37(35)31-19-9-3-10-20-31)43-44-40(42)36-26-14-24-34(28-30-17-7-2-8-18-30)38(36)32-21-11-4-12-22-32/h1-2,5-8,13-18,23-26,31-32H,3-4,9-12,19-22,27-28H2. The molecule has 44 heavy (non-hydrogen) atoms. The quantitative estimate of drug-likeness (QED) is 0.152. The molecule has 0 bridgehead atoms. The van der Waals surface area contributed by atoms with Crippen LogP contribution in [0.15, 0.2) is 97.1 Å². The van der Waals surface area contributed by atoms with Crippen molar-refractivity contribution in [3.05, 3.63) is 142 Å². The zero-order valence-electron chi connectivity index (χ0n) is 25.5. The smallest absolute Gasteiger partial charge is 0.241 e. The molecule has 0 amide bonds. The Morgan fingerprint density at radius 1 is 0.477 bits per heavy atom.